The van der Waals surface area contributed by atoms with E-state index in [0.717, 1.165) is 74.0 Å². The van der Waals surface area contributed by atoms with Crippen molar-refractivity contribution >= 4 is 33.7 Å². The number of aromatic nitrogens is 3. The van der Waals surface area contributed by atoms with Gasteiger partial charge < -0.3 is 145 Å². The molecule has 1 fully saturated rings. The second-order valence-electron chi connectivity index (χ2n) is 26.0. The van der Waals surface area contributed by atoms with E-state index < -0.39 is 5.41 Å². The lowest BCUT2D eigenvalue weighted by Gasteiger charge is -2.34. The number of anilines is 1. The molecule has 1 aliphatic heterocycles. The number of aliphatic hydroxyl groups is 2. The van der Waals surface area contributed by atoms with Gasteiger partial charge in [0.1, 0.15) is 11.3 Å². The Morgan fingerprint density at radius 3 is 0.991 bits per heavy atom. The number of benzene rings is 1. The number of amides is 1. The maximum absolute atomic E-state index is 12.9. The molecule has 0 saturated carbocycles. The molecule has 34 heteroatoms. The highest BCUT2D eigenvalue weighted by Gasteiger charge is 2.28. The molecule has 34 nitrogen and oxygen atoms in total. The molecule has 111 heavy (non-hydrogen) atoms. The van der Waals surface area contributed by atoms with Crippen LogP contribution in [0.3, 0.4) is 0 Å². The van der Waals surface area contributed by atoms with Crippen molar-refractivity contribution in [2.75, 3.05) is 375 Å². The molecule has 3 heterocycles. The van der Waals surface area contributed by atoms with Crippen LogP contribution in [0.25, 0.3) is 21.9 Å². The summed E-state index contributed by atoms with van der Waals surface area (Å²) in [6.45, 7) is 31.7. The molecule has 0 unspecified atom stereocenters. The van der Waals surface area contributed by atoms with Crippen molar-refractivity contribution < 1.29 is 129 Å². The zero-order valence-electron chi connectivity index (χ0n) is 67.3. The molecular weight excluding hydrogens is 1450 g/mol. The quantitative estimate of drug-likeness (QED) is 0.0589. The number of imidazole rings is 1. The first-order valence-corrected chi connectivity index (χ1v) is 40.2. The maximum Gasteiger partial charge on any atom is 0.224 e. The lowest BCUT2D eigenvalue weighted by molar-refractivity contribution is -0.134. The number of nitrogen functional groups attached to an aromatic ring is 1. The number of nitrogens with two attached hydrogens (primary N) is 2. The molecule has 646 valence electrons. The van der Waals surface area contributed by atoms with Crippen LogP contribution >= 0.6 is 0 Å². The van der Waals surface area contributed by atoms with Crippen LogP contribution in [0.4, 0.5) is 5.82 Å². The molecule has 1 aromatic carbocycles. The first-order chi connectivity index (χ1) is 54.8. The highest BCUT2D eigenvalue weighted by atomic mass is 16.6. The average molecular weight is 1600 g/mol. The first-order valence-electron chi connectivity index (χ1n) is 40.2. The number of fused-ring (bicyclic) bond motifs is 3. The number of hydrogen-bond acceptors (Lipinski definition) is 32. The van der Waals surface area contributed by atoms with Gasteiger partial charge in [0.15, 0.2) is 5.82 Å². The van der Waals surface area contributed by atoms with Crippen molar-refractivity contribution in [1.82, 2.24) is 24.3 Å². The Bertz CT molecular complexity index is 2570. The van der Waals surface area contributed by atoms with E-state index in [9.17, 15) is 15.0 Å². The number of aliphatic hydroxyl groups excluding tert-OH is 2. The van der Waals surface area contributed by atoms with Crippen molar-refractivity contribution in [3.05, 3.63) is 29.6 Å². The minimum atomic E-state index is -0.713. The number of aryl methyl sites for hydroxylation is 2. The summed E-state index contributed by atoms with van der Waals surface area (Å²) in [5.74, 6) is 1.39. The third kappa shape index (κ3) is 53.3. The summed E-state index contributed by atoms with van der Waals surface area (Å²) in [6.07, 6.45) is 4.97. The number of hydrogen-bond donors (Lipinski definition) is 4. The van der Waals surface area contributed by atoms with Gasteiger partial charge >= 0.3 is 0 Å². The summed E-state index contributed by atoms with van der Waals surface area (Å²) < 4.78 is 135. The minimum Gasteiger partial charge on any atom is -0.396 e. The number of carbonyl (C=O) groups is 1. The molecule has 1 saturated heterocycles. The molecule has 1 aliphatic rings. The van der Waals surface area contributed by atoms with E-state index in [1.807, 2.05) is 11.8 Å². The highest BCUT2D eigenvalue weighted by Crippen LogP contribution is 2.33. The second kappa shape index (κ2) is 72.7. The number of nitrogens with zero attached hydrogens (tertiary/aromatic N) is 5. The fourth-order valence-electron chi connectivity index (χ4n) is 10.7. The number of ether oxygens (including phenoxy) is 24. The van der Waals surface area contributed by atoms with Crippen LogP contribution in [0.2, 0.25) is 0 Å². The average Bonchev–Trinajstić information content (AvgIpc) is 1.61. The van der Waals surface area contributed by atoms with Gasteiger partial charge in [0.2, 0.25) is 5.91 Å². The summed E-state index contributed by atoms with van der Waals surface area (Å²) in [5.41, 5.74) is 14.7. The lowest BCUT2D eigenvalue weighted by atomic mass is 9.92. The van der Waals surface area contributed by atoms with Crippen molar-refractivity contribution in [3.63, 3.8) is 0 Å². The summed E-state index contributed by atoms with van der Waals surface area (Å²) >= 11 is 0. The molecule has 2 aromatic heterocycles. The van der Waals surface area contributed by atoms with E-state index >= 15 is 0 Å². The van der Waals surface area contributed by atoms with Crippen molar-refractivity contribution in [3.8, 4) is 0 Å². The van der Waals surface area contributed by atoms with Crippen LogP contribution < -0.4 is 11.5 Å². The molecule has 0 aliphatic carbocycles. The molecule has 4 rings (SSSR count). The fraction of sp³-hybridized carbons (Fsp3) is 0.857. The first kappa shape index (κ1) is 99.6. The van der Waals surface area contributed by atoms with Gasteiger partial charge in [-0.2, -0.15) is 0 Å². The van der Waals surface area contributed by atoms with Gasteiger partial charge in [0, 0.05) is 56.5 Å². The summed E-state index contributed by atoms with van der Waals surface area (Å²) in [4.78, 5) is 27.0. The van der Waals surface area contributed by atoms with E-state index in [1.165, 1.54) is 5.56 Å². The van der Waals surface area contributed by atoms with Gasteiger partial charge in [-0.05, 0) is 37.4 Å². The third-order valence-electron chi connectivity index (χ3n) is 16.8. The van der Waals surface area contributed by atoms with Crippen molar-refractivity contribution in [1.29, 1.82) is 0 Å². The number of rotatable bonds is 85. The number of piperazine rings is 1. The van der Waals surface area contributed by atoms with E-state index in [1.54, 1.807) is 0 Å². The van der Waals surface area contributed by atoms with E-state index in [4.69, 9.17) is 135 Å². The van der Waals surface area contributed by atoms with Gasteiger partial charge in [-0.25, -0.2) is 9.97 Å². The molecule has 1 amide bonds. The summed E-state index contributed by atoms with van der Waals surface area (Å²) in [7, 11) is 0. The normalized spacial score (nSPS) is 13.1. The molecular formula is C77H141N7O27. The highest BCUT2D eigenvalue weighted by molar-refractivity contribution is 6.06. The van der Waals surface area contributed by atoms with Crippen LogP contribution in [0.5, 0.6) is 0 Å². The van der Waals surface area contributed by atoms with Crippen molar-refractivity contribution in [2.24, 2.45) is 11.1 Å². The Morgan fingerprint density at radius 2 is 0.703 bits per heavy atom. The topological polar surface area (TPSA) is 368 Å². The van der Waals surface area contributed by atoms with Gasteiger partial charge in [0.05, 0.1) is 348 Å². The zero-order valence-corrected chi connectivity index (χ0v) is 67.3. The Kier molecular flexibility index (Phi) is 65.2. The van der Waals surface area contributed by atoms with Crippen LogP contribution in [0.15, 0.2) is 18.2 Å². The van der Waals surface area contributed by atoms with Crippen molar-refractivity contribution in [2.45, 2.75) is 58.9 Å². The second-order valence-corrected chi connectivity index (χ2v) is 26.0. The monoisotopic (exact) mass is 1600 g/mol. The maximum atomic E-state index is 12.9. The molecule has 3 aromatic rings. The van der Waals surface area contributed by atoms with E-state index in [2.05, 4.69) is 34.6 Å². The Morgan fingerprint density at radius 1 is 0.405 bits per heavy atom. The summed E-state index contributed by atoms with van der Waals surface area (Å²) in [6, 6.07) is 6.37. The Hall–Kier alpha value is -3.75. The van der Waals surface area contributed by atoms with Crippen LogP contribution in [-0.4, -0.2) is 410 Å². The SMILES string of the molecule is CCCCc1nc2c(N)nc3cc(CCCN4CCN(C(=O)CCOCCOCCOCCOCCOCCOCCOCCOCCOCCOCCOCCOCCOCCOCCOCCOCCOCCOCCOCCOCCOCCOCCOCCOCCN)CC4)ccc3c2n1CC(C)(CO)CO. The Labute approximate surface area is 659 Å². The van der Waals surface area contributed by atoms with E-state index in [-0.39, 0.29) is 19.1 Å². The van der Waals surface area contributed by atoms with Crippen LogP contribution in [0.1, 0.15) is 50.9 Å². The molecule has 0 radical (unpaired) electrons. The van der Waals surface area contributed by atoms with Crippen LogP contribution in [-0.2, 0) is 138 Å². The standard InChI is InChI=1S/C77H141N7O27/c1-3-4-7-72-81-74-75(84(72)66-77(2,67-85)68-86)70-9-8-69(65-71(70)80-76(74)79)6-5-12-82-13-15-83(16-14-82)73(87)10-17-88-19-21-90-23-25-92-27-29-94-31-33-96-35-37-98-39-41-100-43-45-102-47-49-104-51-53-106-55-57-108-59-61-110-63-64-111-62-60-109-58-56-107-54-52-105-50-48-103-46-44-101-42-40-99-38-36-97-34-32-95-30-28-93-26-24-91-22-20-89-18-11-78/h8-9,65,85-86H,3-7,10-64,66-68,78H2,1-2H3,(H2,79,80). The predicted molar refractivity (Wildman–Crippen MR) is 415 cm³/mol. The molecule has 0 bridgehead atoms. The van der Waals surface area contributed by atoms with Gasteiger partial charge in [0.25, 0.3) is 0 Å². The minimum absolute atomic E-state index is 0.114. The summed E-state index contributed by atoms with van der Waals surface area (Å²) in [5, 5.41) is 21.3. The lowest BCUT2D eigenvalue weighted by Crippen LogP contribution is -2.49. The molecule has 0 atom stereocenters. The number of carbonyl (C=O) groups excluding carboxylic acids is 1. The Balaban J connectivity index is 0.745. The fourth-order valence-corrected chi connectivity index (χ4v) is 10.7. The smallest absolute Gasteiger partial charge is 0.224 e. The van der Waals surface area contributed by atoms with E-state index in [0.29, 0.717) is 361 Å². The van der Waals surface area contributed by atoms with Gasteiger partial charge in [-0.3, -0.25) is 9.69 Å². The molecule has 6 N–H and O–H groups in total. The van der Waals surface area contributed by atoms with Crippen LogP contribution in [0, 0.1) is 5.41 Å². The third-order valence-corrected chi connectivity index (χ3v) is 16.8. The predicted octanol–water partition coefficient (Wildman–Crippen LogP) is 2.32. The largest absolute Gasteiger partial charge is 0.396 e. The number of pyridine rings is 1. The number of unbranched alkanes of at least 4 members (excludes halogenated alkanes) is 1. The van der Waals surface area contributed by atoms with Gasteiger partial charge in [-0.15, -0.1) is 0 Å². The molecule has 0 spiro atoms. The van der Waals surface area contributed by atoms with Gasteiger partial charge in [-0.1, -0.05) is 32.4 Å². The zero-order chi connectivity index (χ0) is 78.9.